The minimum Gasteiger partial charge on any atom is -0.466 e. The van der Waals surface area contributed by atoms with Crippen molar-refractivity contribution in [2.45, 2.75) is 46.5 Å². The molecule has 0 fully saturated rings. The summed E-state index contributed by atoms with van der Waals surface area (Å²) in [6, 6.07) is 7.67. The first-order valence-corrected chi connectivity index (χ1v) is 7.30. The van der Waals surface area contributed by atoms with Gasteiger partial charge in [0.25, 0.3) is 0 Å². The maximum Gasteiger partial charge on any atom is 0.306 e. The first-order valence-electron chi connectivity index (χ1n) is 7.30. The van der Waals surface area contributed by atoms with Crippen LogP contribution >= 0.6 is 0 Å². The van der Waals surface area contributed by atoms with Gasteiger partial charge in [0.05, 0.1) is 13.0 Å². The molecule has 0 spiro atoms. The van der Waals surface area contributed by atoms with E-state index in [2.05, 4.69) is 13.8 Å². The highest BCUT2D eigenvalue weighted by molar-refractivity contribution is 5.97. The zero-order valence-electron chi connectivity index (χ0n) is 12.6. The Labute approximate surface area is 121 Å². The highest BCUT2D eigenvalue weighted by atomic mass is 16.5. The zero-order chi connectivity index (χ0) is 15.0. The summed E-state index contributed by atoms with van der Waals surface area (Å²) < 4.78 is 4.95. The molecule has 1 rings (SSSR count). The monoisotopic (exact) mass is 276 g/mol. The minimum absolute atomic E-state index is 0.00505. The fourth-order valence-corrected chi connectivity index (χ4v) is 1.95. The first-order chi connectivity index (χ1) is 9.52. The molecular weight excluding hydrogens is 252 g/mol. The molecule has 0 N–H and O–H groups in total. The van der Waals surface area contributed by atoms with Crippen LogP contribution in [0.25, 0.3) is 0 Å². The molecule has 0 unspecified atom stereocenters. The van der Waals surface area contributed by atoms with E-state index in [1.54, 1.807) is 0 Å². The number of ketones is 1. The molecule has 110 valence electrons. The van der Waals surface area contributed by atoms with Gasteiger partial charge in [0.15, 0.2) is 5.78 Å². The lowest BCUT2D eigenvalue weighted by molar-refractivity contribution is -0.143. The van der Waals surface area contributed by atoms with Gasteiger partial charge in [0.2, 0.25) is 0 Å². The third kappa shape index (κ3) is 6.00. The van der Waals surface area contributed by atoms with Crippen LogP contribution < -0.4 is 0 Å². The third-order valence-corrected chi connectivity index (χ3v) is 2.94. The van der Waals surface area contributed by atoms with E-state index in [4.69, 9.17) is 4.74 Å². The average Bonchev–Trinajstić information content (AvgIpc) is 2.42. The summed E-state index contributed by atoms with van der Waals surface area (Å²) in [5.74, 6) is 0.302. The summed E-state index contributed by atoms with van der Waals surface area (Å²) in [6.45, 7) is 6.70. The van der Waals surface area contributed by atoms with Crippen LogP contribution in [0.15, 0.2) is 24.3 Å². The molecule has 3 heteroatoms. The highest BCUT2D eigenvalue weighted by Gasteiger charge is 2.10. The molecular formula is C17H24O3. The maximum absolute atomic E-state index is 11.9. The van der Waals surface area contributed by atoms with Crippen LogP contribution in [0.3, 0.4) is 0 Å². The highest BCUT2D eigenvalue weighted by Crippen LogP contribution is 2.12. The van der Waals surface area contributed by atoms with E-state index in [9.17, 15) is 9.59 Å². The van der Waals surface area contributed by atoms with Crippen molar-refractivity contribution < 1.29 is 14.3 Å². The Morgan fingerprint density at radius 1 is 1.10 bits per heavy atom. The molecule has 0 saturated carbocycles. The number of Topliss-reactive ketones (excluding diaryl/α,β-unsaturated/α-hetero) is 1. The number of ether oxygens (including phenoxy) is 1. The van der Waals surface area contributed by atoms with Crippen molar-refractivity contribution in [1.82, 2.24) is 0 Å². The second-order valence-corrected chi connectivity index (χ2v) is 5.44. The van der Waals surface area contributed by atoms with Gasteiger partial charge in [-0.25, -0.2) is 0 Å². The van der Waals surface area contributed by atoms with Gasteiger partial charge in [0.1, 0.15) is 0 Å². The molecule has 0 atom stereocenters. The van der Waals surface area contributed by atoms with Crippen LogP contribution in [0.5, 0.6) is 0 Å². The van der Waals surface area contributed by atoms with Gasteiger partial charge in [0, 0.05) is 12.0 Å². The van der Waals surface area contributed by atoms with Crippen LogP contribution in [0.1, 0.15) is 56.0 Å². The predicted molar refractivity (Wildman–Crippen MR) is 79.8 cm³/mol. The van der Waals surface area contributed by atoms with E-state index in [0.717, 1.165) is 12.8 Å². The van der Waals surface area contributed by atoms with Crippen molar-refractivity contribution in [3.05, 3.63) is 35.4 Å². The molecule has 0 bridgehead atoms. The third-order valence-electron chi connectivity index (χ3n) is 2.94. The Kier molecular flexibility index (Phi) is 6.99. The molecule has 1 aromatic rings. The molecule has 0 aliphatic rings. The van der Waals surface area contributed by atoms with Crippen LogP contribution in [0, 0.1) is 5.92 Å². The molecule has 1 aromatic carbocycles. The maximum atomic E-state index is 11.9. The molecule has 0 saturated heterocycles. The average molecular weight is 276 g/mol. The SMILES string of the molecule is CCCOC(=O)CCC(=O)c1ccc(CC(C)C)cc1. The van der Waals surface area contributed by atoms with Gasteiger partial charge in [-0.15, -0.1) is 0 Å². The summed E-state index contributed by atoms with van der Waals surface area (Å²) in [5.41, 5.74) is 1.90. The Balaban J connectivity index is 2.45. The minimum atomic E-state index is -0.295. The van der Waals surface area contributed by atoms with E-state index in [1.165, 1.54) is 5.56 Å². The Bertz CT molecular complexity index is 432. The normalized spacial score (nSPS) is 10.6. The number of hydrogen-bond acceptors (Lipinski definition) is 3. The van der Waals surface area contributed by atoms with E-state index in [1.807, 2.05) is 31.2 Å². The van der Waals surface area contributed by atoms with Gasteiger partial charge >= 0.3 is 5.97 Å². The zero-order valence-corrected chi connectivity index (χ0v) is 12.6. The lowest BCUT2D eigenvalue weighted by Gasteiger charge is -2.06. The fraction of sp³-hybridized carbons (Fsp3) is 0.529. The summed E-state index contributed by atoms with van der Waals surface area (Å²) in [4.78, 5) is 23.3. The number of rotatable bonds is 8. The van der Waals surface area contributed by atoms with E-state index >= 15 is 0 Å². The van der Waals surface area contributed by atoms with Gasteiger partial charge in [-0.2, -0.15) is 0 Å². The Morgan fingerprint density at radius 3 is 2.30 bits per heavy atom. The topological polar surface area (TPSA) is 43.4 Å². The first kappa shape index (κ1) is 16.4. The Hall–Kier alpha value is -1.64. The van der Waals surface area contributed by atoms with E-state index in [-0.39, 0.29) is 24.6 Å². The molecule has 3 nitrogen and oxygen atoms in total. The van der Waals surface area contributed by atoms with Gasteiger partial charge in [-0.05, 0) is 24.3 Å². The number of hydrogen-bond donors (Lipinski definition) is 0. The lowest BCUT2D eigenvalue weighted by atomic mass is 9.99. The standard InChI is InChI=1S/C17H24O3/c1-4-11-20-17(19)10-9-16(18)15-7-5-14(6-8-15)12-13(2)3/h5-8,13H,4,9-12H2,1-3H3. The molecule has 20 heavy (non-hydrogen) atoms. The number of carbonyl (C=O) groups excluding carboxylic acids is 2. The van der Waals surface area contributed by atoms with Crippen molar-refractivity contribution in [3.8, 4) is 0 Å². The largest absolute Gasteiger partial charge is 0.466 e. The predicted octanol–water partition coefficient (Wildman–Crippen LogP) is 3.80. The quantitative estimate of drug-likeness (QED) is 0.536. The summed E-state index contributed by atoms with van der Waals surface area (Å²) in [7, 11) is 0. The number of esters is 1. The molecule has 0 amide bonds. The molecule has 0 aliphatic heterocycles. The molecule has 0 heterocycles. The van der Waals surface area contributed by atoms with E-state index < -0.39 is 0 Å². The van der Waals surface area contributed by atoms with Crippen molar-refractivity contribution >= 4 is 11.8 Å². The summed E-state index contributed by atoms with van der Waals surface area (Å²) >= 11 is 0. The second kappa shape index (κ2) is 8.51. The van der Waals surface area contributed by atoms with Crippen molar-refractivity contribution in [2.24, 2.45) is 5.92 Å². The van der Waals surface area contributed by atoms with Gasteiger partial charge < -0.3 is 4.74 Å². The van der Waals surface area contributed by atoms with Crippen LogP contribution in [0.2, 0.25) is 0 Å². The molecule has 0 aromatic heterocycles. The van der Waals surface area contributed by atoms with Crippen molar-refractivity contribution in [2.75, 3.05) is 6.61 Å². The summed E-state index contributed by atoms with van der Waals surface area (Å²) in [5, 5.41) is 0. The number of benzene rings is 1. The second-order valence-electron chi connectivity index (χ2n) is 5.44. The molecule has 0 aliphatic carbocycles. The van der Waals surface area contributed by atoms with Crippen molar-refractivity contribution in [3.63, 3.8) is 0 Å². The van der Waals surface area contributed by atoms with Crippen LogP contribution in [-0.4, -0.2) is 18.4 Å². The fourth-order valence-electron chi connectivity index (χ4n) is 1.95. The van der Waals surface area contributed by atoms with Crippen LogP contribution in [-0.2, 0) is 16.0 Å². The van der Waals surface area contributed by atoms with Gasteiger partial charge in [-0.3, -0.25) is 9.59 Å². The van der Waals surface area contributed by atoms with Crippen molar-refractivity contribution in [1.29, 1.82) is 0 Å². The lowest BCUT2D eigenvalue weighted by Crippen LogP contribution is -2.08. The van der Waals surface area contributed by atoms with Crippen LogP contribution in [0.4, 0.5) is 0 Å². The van der Waals surface area contributed by atoms with Gasteiger partial charge in [-0.1, -0.05) is 45.0 Å². The Morgan fingerprint density at radius 2 is 1.75 bits per heavy atom. The number of carbonyl (C=O) groups is 2. The summed E-state index contributed by atoms with van der Waals surface area (Å²) in [6.07, 6.45) is 2.19. The smallest absolute Gasteiger partial charge is 0.306 e. The van der Waals surface area contributed by atoms with E-state index in [0.29, 0.717) is 18.1 Å². The molecule has 0 radical (unpaired) electrons.